The average molecular weight is 196 g/mol. The summed E-state index contributed by atoms with van der Waals surface area (Å²) in [5.74, 6) is 0.907. The number of rotatable bonds is 3. The third-order valence-corrected chi connectivity index (χ3v) is 2.81. The van der Waals surface area contributed by atoms with Crippen molar-refractivity contribution in [3.63, 3.8) is 0 Å². The number of aromatic nitrogens is 3. The van der Waals surface area contributed by atoms with Gasteiger partial charge in [-0.3, -0.25) is 4.68 Å². The minimum atomic E-state index is -0.191. The lowest BCUT2D eigenvalue weighted by atomic mass is 10.2. The summed E-state index contributed by atoms with van der Waals surface area (Å²) in [5.41, 5.74) is 0. The quantitative estimate of drug-likeness (QED) is 0.704. The molecule has 0 aromatic carbocycles. The Morgan fingerprint density at radius 3 is 3.07 bits per heavy atom. The topological polar surface area (TPSA) is 63.0 Å². The molecule has 1 aromatic rings. The van der Waals surface area contributed by atoms with Crippen molar-refractivity contribution in [1.29, 1.82) is 0 Å². The molecule has 0 spiro atoms. The van der Waals surface area contributed by atoms with E-state index in [9.17, 15) is 5.11 Å². The Bertz CT molecular complexity index is 299. The van der Waals surface area contributed by atoms with E-state index >= 15 is 0 Å². The molecule has 78 valence electrons. The molecule has 1 fully saturated rings. The van der Waals surface area contributed by atoms with Crippen molar-refractivity contribution < 1.29 is 5.11 Å². The summed E-state index contributed by atoms with van der Waals surface area (Å²) in [6, 6.07) is 0.228. The van der Waals surface area contributed by atoms with E-state index in [0.717, 1.165) is 25.1 Å². The summed E-state index contributed by atoms with van der Waals surface area (Å²) in [6.07, 6.45) is 4.43. The zero-order valence-corrected chi connectivity index (χ0v) is 8.35. The monoisotopic (exact) mass is 196 g/mol. The molecular formula is C9H16N4O. The third kappa shape index (κ3) is 1.93. The van der Waals surface area contributed by atoms with E-state index in [2.05, 4.69) is 15.4 Å². The van der Waals surface area contributed by atoms with E-state index in [1.807, 2.05) is 7.05 Å². The molecular weight excluding hydrogens is 180 g/mol. The number of aliphatic hydroxyl groups is 1. The van der Waals surface area contributed by atoms with Gasteiger partial charge in [0.05, 0.1) is 12.6 Å². The van der Waals surface area contributed by atoms with Gasteiger partial charge in [0, 0.05) is 13.1 Å². The fourth-order valence-corrected chi connectivity index (χ4v) is 1.88. The number of aryl methyl sites for hydroxylation is 1. The molecule has 5 nitrogen and oxygen atoms in total. The fraction of sp³-hybridized carbons (Fsp3) is 0.778. The Labute approximate surface area is 83.2 Å². The second-order valence-corrected chi connectivity index (χ2v) is 3.79. The maximum atomic E-state index is 9.58. The molecule has 1 heterocycles. The van der Waals surface area contributed by atoms with Crippen molar-refractivity contribution in [2.24, 2.45) is 7.05 Å². The highest BCUT2D eigenvalue weighted by Gasteiger charge is 2.24. The van der Waals surface area contributed by atoms with E-state index in [4.69, 9.17) is 0 Å². The number of hydrogen-bond donors (Lipinski definition) is 2. The molecule has 0 bridgehead atoms. The van der Waals surface area contributed by atoms with E-state index in [-0.39, 0.29) is 12.1 Å². The molecule has 1 saturated carbocycles. The van der Waals surface area contributed by atoms with E-state index < -0.39 is 0 Å². The number of hydrogen-bond acceptors (Lipinski definition) is 4. The van der Waals surface area contributed by atoms with E-state index in [1.54, 1.807) is 11.0 Å². The molecule has 2 atom stereocenters. The predicted molar refractivity (Wildman–Crippen MR) is 51.5 cm³/mol. The molecule has 5 heteroatoms. The van der Waals surface area contributed by atoms with Gasteiger partial charge in [0.25, 0.3) is 0 Å². The first kappa shape index (κ1) is 9.61. The van der Waals surface area contributed by atoms with Crippen LogP contribution in [0.1, 0.15) is 25.1 Å². The molecule has 2 N–H and O–H groups in total. The maximum absolute atomic E-state index is 9.58. The summed E-state index contributed by atoms with van der Waals surface area (Å²) in [6.45, 7) is 0.679. The van der Waals surface area contributed by atoms with Crippen LogP contribution in [-0.2, 0) is 13.6 Å². The van der Waals surface area contributed by atoms with Crippen molar-refractivity contribution in [2.75, 3.05) is 0 Å². The summed E-state index contributed by atoms with van der Waals surface area (Å²) >= 11 is 0. The highest BCUT2D eigenvalue weighted by atomic mass is 16.3. The molecule has 1 aliphatic carbocycles. The Balaban J connectivity index is 1.85. The van der Waals surface area contributed by atoms with Gasteiger partial charge in [-0.15, -0.1) is 0 Å². The normalized spacial score (nSPS) is 27.0. The standard InChI is InChI=1S/C9H16N4O/c1-13-9(11-6-12-13)5-10-7-3-2-4-8(7)14/h6-8,10,14H,2-5H2,1H3/t7-,8-/m1/s1. The van der Waals surface area contributed by atoms with Gasteiger partial charge in [-0.25, -0.2) is 4.98 Å². The smallest absolute Gasteiger partial charge is 0.140 e. The molecule has 0 radical (unpaired) electrons. The van der Waals surface area contributed by atoms with Gasteiger partial charge in [0.15, 0.2) is 0 Å². The summed E-state index contributed by atoms with van der Waals surface area (Å²) < 4.78 is 1.74. The van der Waals surface area contributed by atoms with Crippen molar-refractivity contribution in [2.45, 2.75) is 38.0 Å². The second kappa shape index (κ2) is 4.06. The Kier molecular flexibility index (Phi) is 2.79. The molecule has 1 aromatic heterocycles. The van der Waals surface area contributed by atoms with Crippen LogP contribution in [-0.4, -0.2) is 32.0 Å². The predicted octanol–water partition coefficient (Wildman–Crippen LogP) is -0.182. The summed E-state index contributed by atoms with van der Waals surface area (Å²) in [5, 5.41) is 16.9. The van der Waals surface area contributed by atoms with Crippen LogP contribution >= 0.6 is 0 Å². The van der Waals surface area contributed by atoms with Gasteiger partial charge >= 0.3 is 0 Å². The summed E-state index contributed by atoms with van der Waals surface area (Å²) in [7, 11) is 1.87. The van der Waals surface area contributed by atoms with Gasteiger partial charge in [0.1, 0.15) is 12.2 Å². The maximum Gasteiger partial charge on any atom is 0.140 e. The van der Waals surface area contributed by atoms with Crippen molar-refractivity contribution in [3.8, 4) is 0 Å². The van der Waals surface area contributed by atoms with Crippen molar-refractivity contribution in [3.05, 3.63) is 12.2 Å². The number of aliphatic hydroxyl groups excluding tert-OH is 1. The van der Waals surface area contributed by atoms with Crippen LogP contribution in [0.4, 0.5) is 0 Å². The molecule has 0 unspecified atom stereocenters. The Hall–Kier alpha value is -0.940. The van der Waals surface area contributed by atoms with Crippen LogP contribution in [0.15, 0.2) is 6.33 Å². The van der Waals surface area contributed by atoms with Crippen LogP contribution in [0.5, 0.6) is 0 Å². The van der Waals surface area contributed by atoms with Gasteiger partial charge in [-0.05, 0) is 19.3 Å². The van der Waals surface area contributed by atoms with Gasteiger partial charge in [-0.2, -0.15) is 5.10 Å². The number of nitrogens with one attached hydrogen (secondary N) is 1. The van der Waals surface area contributed by atoms with Gasteiger partial charge in [0.2, 0.25) is 0 Å². The number of nitrogens with zero attached hydrogens (tertiary/aromatic N) is 3. The van der Waals surface area contributed by atoms with Crippen LogP contribution in [0.2, 0.25) is 0 Å². The van der Waals surface area contributed by atoms with Crippen molar-refractivity contribution in [1.82, 2.24) is 20.1 Å². The van der Waals surface area contributed by atoms with Gasteiger partial charge in [-0.1, -0.05) is 0 Å². The largest absolute Gasteiger partial charge is 0.392 e. The highest BCUT2D eigenvalue weighted by molar-refractivity contribution is 4.87. The first-order chi connectivity index (χ1) is 6.77. The average Bonchev–Trinajstić information content (AvgIpc) is 2.72. The Morgan fingerprint density at radius 1 is 1.64 bits per heavy atom. The molecule has 1 aliphatic rings. The van der Waals surface area contributed by atoms with E-state index in [0.29, 0.717) is 6.54 Å². The Morgan fingerprint density at radius 2 is 2.50 bits per heavy atom. The molecule has 0 amide bonds. The zero-order valence-electron chi connectivity index (χ0n) is 8.35. The lowest BCUT2D eigenvalue weighted by Crippen LogP contribution is -2.35. The lowest BCUT2D eigenvalue weighted by Gasteiger charge is -2.15. The SMILES string of the molecule is Cn1ncnc1CN[C@@H]1CCC[C@H]1O. The zero-order chi connectivity index (χ0) is 9.97. The van der Waals surface area contributed by atoms with E-state index in [1.165, 1.54) is 0 Å². The lowest BCUT2D eigenvalue weighted by molar-refractivity contribution is 0.148. The van der Waals surface area contributed by atoms with Crippen LogP contribution in [0.3, 0.4) is 0 Å². The molecule has 14 heavy (non-hydrogen) atoms. The molecule has 0 saturated heterocycles. The third-order valence-electron chi connectivity index (χ3n) is 2.81. The first-order valence-corrected chi connectivity index (χ1v) is 5.01. The first-order valence-electron chi connectivity index (χ1n) is 5.01. The minimum absolute atomic E-state index is 0.191. The fourth-order valence-electron chi connectivity index (χ4n) is 1.88. The summed E-state index contributed by atoms with van der Waals surface area (Å²) in [4.78, 5) is 4.11. The molecule has 0 aliphatic heterocycles. The second-order valence-electron chi connectivity index (χ2n) is 3.79. The van der Waals surface area contributed by atoms with Crippen LogP contribution in [0.25, 0.3) is 0 Å². The highest BCUT2D eigenvalue weighted by Crippen LogP contribution is 2.18. The van der Waals surface area contributed by atoms with Crippen LogP contribution in [0, 0.1) is 0 Å². The van der Waals surface area contributed by atoms with Crippen LogP contribution < -0.4 is 5.32 Å². The molecule has 2 rings (SSSR count). The van der Waals surface area contributed by atoms with Gasteiger partial charge < -0.3 is 10.4 Å². The van der Waals surface area contributed by atoms with Crippen molar-refractivity contribution >= 4 is 0 Å². The minimum Gasteiger partial charge on any atom is -0.392 e.